The third-order valence-corrected chi connectivity index (χ3v) is 4.38. The molecule has 3 N–H and O–H groups in total. The maximum atomic E-state index is 9.92. The van der Waals surface area contributed by atoms with Crippen LogP contribution in [0.2, 0.25) is 10.0 Å². The van der Waals surface area contributed by atoms with Crippen LogP contribution in [0.15, 0.2) is 12.1 Å². The summed E-state index contributed by atoms with van der Waals surface area (Å²) in [6.45, 7) is 0.564. The molecule has 0 amide bonds. The van der Waals surface area contributed by atoms with E-state index >= 15 is 0 Å². The van der Waals surface area contributed by atoms with E-state index in [1.54, 1.807) is 6.07 Å². The Morgan fingerprint density at radius 2 is 1.84 bits per heavy atom. The molecule has 1 aliphatic carbocycles. The van der Waals surface area contributed by atoms with Crippen LogP contribution in [0, 0.1) is 0 Å². The minimum atomic E-state index is -0.237. The van der Waals surface area contributed by atoms with Crippen molar-refractivity contribution in [1.29, 1.82) is 0 Å². The Kier molecular flexibility index (Phi) is 4.96. The first-order valence-corrected chi connectivity index (χ1v) is 7.35. The Hall–Kier alpha value is -0.480. The fourth-order valence-corrected chi connectivity index (χ4v) is 3.19. The Morgan fingerprint density at radius 1 is 1.16 bits per heavy atom. The summed E-state index contributed by atoms with van der Waals surface area (Å²) in [5.74, 6) is 0.0578. The molecule has 1 aliphatic rings. The van der Waals surface area contributed by atoms with Gasteiger partial charge >= 0.3 is 0 Å². The second kappa shape index (κ2) is 6.31. The zero-order valence-electron chi connectivity index (χ0n) is 10.8. The van der Waals surface area contributed by atoms with Gasteiger partial charge in [-0.3, -0.25) is 0 Å². The number of phenols is 1. The van der Waals surface area contributed by atoms with Gasteiger partial charge in [-0.15, -0.1) is 0 Å². The average Bonchev–Trinajstić information content (AvgIpc) is 2.42. The molecule has 19 heavy (non-hydrogen) atoms. The van der Waals surface area contributed by atoms with E-state index in [1.165, 1.54) is 12.5 Å². The van der Waals surface area contributed by atoms with Crippen LogP contribution in [0.25, 0.3) is 0 Å². The molecule has 0 spiro atoms. The first kappa shape index (κ1) is 14.9. The van der Waals surface area contributed by atoms with Gasteiger partial charge in [-0.25, -0.2) is 0 Å². The predicted molar refractivity (Wildman–Crippen MR) is 77.9 cm³/mol. The first-order chi connectivity index (χ1) is 9.06. The van der Waals surface area contributed by atoms with Crippen LogP contribution < -0.4 is 5.32 Å². The van der Waals surface area contributed by atoms with Crippen LogP contribution in [-0.4, -0.2) is 22.4 Å². The number of benzene rings is 1. The summed E-state index contributed by atoms with van der Waals surface area (Å²) < 4.78 is 0. The van der Waals surface area contributed by atoms with E-state index in [0.717, 1.165) is 25.7 Å². The molecule has 0 heterocycles. The van der Waals surface area contributed by atoms with Gasteiger partial charge < -0.3 is 15.5 Å². The number of aliphatic hydroxyl groups excluding tert-OH is 1. The summed E-state index contributed by atoms with van der Waals surface area (Å²) in [6.07, 6.45) is 5.38. The summed E-state index contributed by atoms with van der Waals surface area (Å²) in [7, 11) is 0. The number of phenolic OH excluding ortho intramolecular Hbond substituents is 1. The Morgan fingerprint density at radius 3 is 2.47 bits per heavy atom. The lowest BCUT2D eigenvalue weighted by molar-refractivity contribution is 0.119. The first-order valence-electron chi connectivity index (χ1n) is 6.59. The number of aromatic hydroxyl groups is 1. The summed E-state index contributed by atoms with van der Waals surface area (Å²) >= 11 is 11.8. The van der Waals surface area contributed by atoms with E-state index < -0.39 is 0 Å². The lowest BCUT2D eigenvalue weighted by Gasteiger charge is -2.36. The van der Waals surface area contributed by atoms with E-state index in [1.807, 2.05) is 0 Å². The van der Waals surface area contributed by atoms with Gasteiger partial charge in [0.05, 0.1) is 11.6 Å². The van der Waals surface area contributed by atoms with Crippen LogP contribution in [0.1, 0.15) is 37.7 Å². The third-order valence-electron chi connectivity index (χ3n) is 3.87. The molecule has 0 atom stereocenters. The molecule has 106 valence electrons. The van der Waals surface area contributed by atoms with Gasteiger partial charge in [-0.1, -0.05) is 42.5 Å². The second-order valence-electron chi connectivity index (χ2n) is 5.25. The predicted octanol–water partition coefficient (Wildman–Crippen LogP) is 3.48. The maximum Gasteiger partial charge on any atom is 0.138 e. The number of aliphatic hydroxyl groups is 1. The Labute approximate surface area is 123 Å². The average molecular weight is 304 g/mol. The van der Waals surface area contributed by atoms with Crippen LogP contribution >= 0.6 is 23.2 Å². The standard InChI is InChI=1S/C14H19Cl2NO2/c15-11-6-10(13(19)12(16)7-11)8-17-14(9-18)4-2-1-3-5-14/h6-7,17-19H,1-5,8-9H2. The molecule has 0 unspecified atom stereocenters. The molecule has 0 aromatic heterocycles. The highest BCUT2D eigenvalue weighted by molar-refractivity contribution is 6.35. The summed E-state index contributed by atoms with van der Waals surface area (Å²) in [4.78, 5) is 0. The lowest BCUT2D eigenvalue weighted by atomic mass is 9.82. The molecular weight excluding hydrogens is 285 g/mol. The molecular formula is C14H19Cl2NO2. The van der Waals surface area contributed by atoms with Crippen molar-refractivity contribution in [3.63, 3.8) is 0 Å². The number of nitrogens with one attached hydrogen (secondary N) is 1. The summed E-state index contributed by atoms with van der Waals surface area (Å²) in [6, 6.07) is 3.22. The third kappa shape index (κ3) is 3.54. The highest BCUT2D eigenvalue weighted by Gasteiger charge is 2.30. The Balaban J connectivity index is 2.09. The van der Waals surface area contributed by atoms with Crippen LogP contribution in [0.3, 0.4) is 0 Å². The molecule has 1 aromatic carbocycles. The Bertz CT molecular complexity index is 445. The van der Waals surface area contributed by atoms with Crippen LogP contribution in [0.5, 0.6) is 5.75 Å². The highest BCUT2D eigenvalue weighted by atomic mass is 35.5. The van der Waals surface area contributed by atoms with Gasteiger partial charge in [0.15, 0.2) is 0 Å². The number of hydrogen-bond donors (Lipinski definition) is 3. The smallest absolute Gasteiger partial charge is 0.138 e. The van der Waals surface area contributed by atoms with E-state index in [2.05, 4.69) is 5.32 Å². The van der Waals surface area contributed by atoms with Gasteiger partial charge in [-0.2, -0.15) is 0 Å². The quantitative estimate of drug-likeness (QED) is 0.798. The minimum absolute atomic E-state index is 0.0578. The van der Waals surface area contributed by atoms with Crippen molar-refractivity contribution in [3.05, 3.63) is 27.7 Å². The van der Waals surface area contributed by atoms with Crippen molar-refractivity contribution < 1.29 is 10.2 Å². The van der Waals surface area contributed by atoms with Gasteiger partial charge in [0.1, 0.15) is 5.75 Å². The molecule has 1 saturated carbocycles. The van der Waals surface area contributed by atoms with Crippen molar-refractivity contribution in [2.45, 2.75) is 44.2 Å². The van der Waals surface area contributed by atoms with E-state index in [9.17, 15) is 10.2 Å². The number of halogens is 2. The van der Waals surface area contributed by atoms with Gasteiger partial charge in [-0.05, 0) is 25.0 Å². The van der Waals surface area contributed by atoms with Crippen molar-refractivity contribution in [2.75, 3.05) is 6.61 Å². The molecule has 5 heteroatoms. The zero-order chi connectivity index (χ0) is 13.9. The van der Waals surface area contributed by atoms with Crippen molar-refractivity contribution in [1.82, 2.24) is 5.32 Å². The van der Waals surface area contributed by atoms with Crippen molar-refractivity contribution in [2.24, 2.45) is 0 Å². The number of rotatable bonds is 4. The van der Waals surface area contributed by atoms with Gasteiger partial charge in [0.2, 0.25) is 0 Å². The SMILES string of the molecule is OCC1(NCc2cc(Cl)cc(Cl)c2O)CCCCC1. The van der Waals surface area contributed by atoms with E-state index in [0.29, 0.717) is 17.1 Å². The van der Waals surface area contributed by atoms with E-state index in [4.69, 9.17) is 23.2 Å². The van der Waals surface area contributed by atoms with Crippen molar-refractivity contribution in [3.8, 4) is 5.75 Å². The fourth-order valence-electron chi connectivity index (χ4n) is 2.66. The molecule has 0 aliphatic heterocycles. The monoisotopic (exact) mass is 303 g/mol. The minimum Gasteiger partial charge on any atom is -0.506 e. The second-order valence-corrected chi connectivity index (χ2v) is 6.09. The topological polar surface area (TPSA) is 52.5 Å². The largest absolute Gasteiger partial charge is 0.506 e. The molecule has 3 nitrogen and oxygen atoms in total. The molecule has 1 aromatic rings. The normalized spacial score (nSPS) is 18.5. The molecule has 0 saturated heterocycles. The maximum absolute atomic E-state index is 9.92. The fraction of sp³-hybridized carbons (Fsp3) is 0.571. The molecule has 0 bridgehead atoms. The van der Waals surface area contributed by atoms with Crippen LogP contribution in [0.4, 0.5) is 0 Å². The lowest BCUT2D eigenvalue weighted by Crippen LogP contribution is -2.49. The molecule has 1 fully saturated rings. The van der Waals surface area contributed by atoms with E-state index in [-0.39, 0.29) is 22.9 Å². The molecule has 0 radical (unpaired) electrons. The zero-order valence-corrected chi connectivity index (χ0v) is 12.3. The van der Waals surface area contributed by atoms with Gasteiger partial charge in [0.25, 0.3) is 0 Å². The van der Waals surface area contributed by atoms with Crippen molar-refractivity contribution >= 4 is 23.2 Å². The summed E-state index contributed by atoms with van der Waals surface area (Å²) in [5.41, 5.74) is 0.426. The molecule has 2 rings (SSSR count). The van der Waals surface area contributed by atoms with Crippen LogP contribution in [-0.2, 0) is 6.54 Å². The summed E-state index contributed by atoms with van der Waals surface area (Å²) in [5, 5.41) is 23.7. The number of hydrogen-bond acceptors (Lipinski definition) is 3. The van der Waals surface area contributed by atoms with Gasteiger partial charge in [0, 0.05) is 22.7 Å². The highest BCUT2D eigenvalue weighted by Crippen LogP contribution is 2.33.